The summed E-state index contributed by atoms with van der Waals surface area (Å²) >= 11 is 1.63. The number of thioether (sulfide) groups is 1. The Bertz CT molecular complexity index is 967. The van der Waals surface area contributed by atoms with Gasteiger partial charge in [0.15, 0.2) is 17.3 Å². The number of allylic oxidation sites excluding steroid dienone is 2. The zero-order valence-corrected chi connectivity index (χ0v) is 20.9. The Morgan fingerprint density at radius 2 is 1.70 bits per heavy atom. The van der Waals surface area contributed by atoms with E-state index in [-0.39, 0.29) is 28.8 Å². The molecule has 9 heteroatoms. The highest BCUT2D eigenvalue weighted by Crippen LogP contribution is 2.50. The number of carbonyl (C=O) groups excluding carboxylic acids is 2. The number of Topliss-reactive ketones (excluding diaryl/α,β-unsaturated/α-hetero) is 1. The zero-order chi connectivity index (χ0) is 23.9. The van der Waals surface area contributed by atoms with E-state index in [9.17, 15) is 9.59 Å². The van der Waals surface area contributed by atoms with Crippen LogP contribution >= 0.6 is 11.8 Å². The number of hydrogen-bond donors (Lipinski definition) is 3. The highest BCUT2D eigenvalue weighted by atomic mass is 32.2. The van der Waals surface area contributed by atoms with Crippen LogP contribution in [0, 0.1) is 11.3 Å². The number of ether oxygens (including phenoxy) is 3. The fourth-order valence-electron chi connectivity index (χ4n) is 5.26. The van der Waals surface area contributed by atoms with Gasteiger partial charge in [0, 0.05) is 23.6 Å². The normalized spacial score (nSPS) is 28.3. The van der Waals surface area contributed by atoms with Gasteiger partial charge in [-0.05, 0) is 35.3 Å². The summed E-state index contributed by atoms with van der Waals surface area (Å²) in [6, 6.07) is 3.71. The average Bonchev–Trinajstić information content (AvgIpc) is 2.75. The molecule has 4 rings (SSSR count). The molecular formula is C24H33N3O5S. The van der Waals surface area contributed by atoms with Crippen molar-refractivity contribution in [2.24, 2.45) is 11.3 Å². The fraction of sp³-hybridized carbons (Fsp3) is 0.583. The minimum absolute atomic E-state index is 0.0730. The standard InChI is InChI=1S/C24H33N3O5S/c1-7-33-23-26-21-19(22(29)27-23)17(18-13(25-21)10-24(2,3)11-14(18)28)12-8-15(30-4)20(32-6)16(9-12)31-5/h8-9,17,19,21,23,25-26H,7,10-11H2,1-6H3,(H,27,29). The Balaban J connectivity index is 1.88. The lowest BCUT2D eigenvalue weighted by Crippen LogP contribution is -2.68. The van der Waals surface area contributed by atoms with Gasteiger partial charge in [0.2, 0.25) is 11.7 Å². The molecule has 4 atom stereocenters. The van der Waals surface area contributed by atoms with Crippen molar-refractivity contribution in [2.75, 3.05) is 27.1 Å². The maximum Gasteiger partial charge on any atom is 0.229 e. The number of methoxy groups -OCH3 is 3. The molecule has 0 aromatic heterocycles. The highest BCUT2D eigenvalue weighted by Gasteiger charge is 2.51. The van der Waals surface area contributed by atoms with E-state index in [1.807, 2.05) is 12.1 Å². The first-order valence-corrected chi connectivity index (χ1v) is 12.3. The van der Waals surface area contributed by atoms with E-state index >= 15 is 0 Å². The van der Waals surface area contributed by atoms with Crippen molar-refractivity contribution in [3.05, 3.63) is 29.0 Å². The molecule has 0 radical (unpaired) electrons. The van der Waals surface area contributed by atoms with Gasteiger partial charge in [0.1, 0.15) is 5.50 Å². The van der Waals surface area contributed by atoms with Crippen molar-refractivity contribution in [1.29, 1.82) is 0 Å². The summed E-state index contributed by atoms with van der Waals surface area (Å²) in [4.78, 5) is 26.9. The predicted octanol–water partition coefficient (Wildman–Crippen LogP) is 2.74. The van der Waals surface area contributed by atoms with E-state index in [1.165, 1.54) is 0 Å². The molecule has 180 valence electrons. The lowest BCUT2D eigenvalue weighted by atomic mass is 9.66. The first-order chi connectivity index (χ1) is 15.7. The first kappa shape index (κ1) is 23.8. The number of carbonyl (C=O) groups is 2. The Morgan fingerprint density at radius 3 is 2.27 bits per heavy atom. The lowest BCUT2D eigenvalue weighted by Gasteiger charge is -2.48. The van der Waals surface area contributed by atoms with E-state index in [0.29, 0.717) is 29.2 Å². The molecule has 1 amide bonds. The maximum atomic E-state index is 13.5. The van der Waals surface area contributed by atoms with Gasteiger partial charge in [-0.25, -0.2) is 0 Å². The van der Waals surface area contributed by atoms with Crippen LogP contribution in [0.1, 0.15) is 45.1 Å². The second-order valence-corrected chi connectivity index (χ2v) is 10.8. The van der Waals surface area contributed by atoms with Crippen molar-refractivity contribution in [1.82, 2.24) is 16.0 Å². The van der Waals surface area contributed by atoms with Crippen LogP contribution in [0.25, 0.3) is 0 Å². The third-order valence-electron chi connectivity index (χ3n) is 6.57. The molecule has 2 aliphatic heterocycles. The number of nitrogens with one attached hydrogen (secondary N) is 3. The van der Waals surface area contributed by atoms with E-state index in [1.54, 1.807) is 33.1 Å². The lowest BCUT2D eigenvalue weighted by molar-refractivity contribution is -0.130. The third kappa shape index (κ3) is 4.28. The predicted molar refractivity (Wildman–Crippen MR) is 127 cm³/mol. The van der Waals surface area contributed by atoms with Crippen LogP contribution in [0.2, 0.25) is 0 Å². The molecule has 2 heterocycles. The number of hydrogen-bond acceptors (Lipinski definition) is 8. The van der Waals surface area contributed by atoms with E-state index in [4.69, 9.17) is 14.2 Å². The van der Waals surface area contributed by atoms with Gasteiger partial charge in [-0.1, -0.05) is 20.8 Å². The summed E-state index contributed by atoms with van der Waals surface area (Å²) < 4.78 is 16.6. The molecule has 1 saturated heterocycles. The molecule has 33 heavy (non-hydrogen) atoms. The number of benzene rings is 1. The van der Waals surface area contributed by atoms with Crippen molar-refractivity contribution in [3.8, 4) is 17.2 Å². The maximum absolute atomic E-state index is 13.5. The highest BCUT2D eigenvalue weighted by molar-refractivity contribution is 7.99. The molecule has 1 fully saturated rings. The summed E-state index contributed by atoms with van der Waals surface area (Å²) in [6.07, 6.45) is 0.884. The fourth-order valence-corrected chi connectivity index (χ4v) is 6.04. The smallest absolute Gasteiger partial charge is 0.229 e. The summed E-state index contributed by atoms with van der Waals surface area (Å²) in [6.45, 7) is 6.27. The first-order valence-electron chi connectivity index (χ1n) is 11.2. The number of amides is 1. The molecule has 1 aliphatic carbocycles. The topological polar surface area (TPSA) is 97.9 Å². The quantitative estimate of drug-likeness (QED) is 0.578. The summed E-state index contributed by atoms with van der Waals surface area (Å²) in [5.41, 5.74) is 2.05. The van der Waals surface area contributed by atoms with Gasteiger partial charge in [-0.2, -0.15) is 0 Å². The molecule has 1 aromatic carbocycles. The third-order valence-corrected chi connectivity index (χ3v) is 7.49. The average molecular weight is 476 g/mol. The van der Waals surface area contributed by atoms with Gasteiger partial charge in [0.25, 0.3) is 0 Å². The Hall–Kier alpha value is -2.39. The molecule has 4 unspecified atom stereocenters. The van der Waals surface area contributed by atoms with Gasteiger partial charge in [0.05, 0.1) is 33.4 Å². The van der Waals surface area contributed by atoms with Crippen molar-refractivity contribution < 1.29 is 23.8 Å². The Kier molecular flexibility index (Phi) is 6.55. The number of rotatable bonds is 6. The van der Waals surface area contributed by atoms with Gasteiger partial charge in [-0.3, -0.25) is 14.9 Å². The van der Waals surface area contributed by atoms with E-state index < -0.39 is 11.8 Å². The van der Waals surface area contributed by atoms with E-state index in [0.717, 1.165) is 23.4 Å². The Labute approximate surface area is 199 Å². The van der Waals surface area contributed by atoms with E-state index in [2.05, 4.69) is 36.7 Å². The molecule has 0 spiro atoms. The largest absolute Gasteiger partial charge is 0.493 e. The minimum atomic E-state index is -0.509. The summed E-state index contributed by atoms with van der Waals surface area (Å²) in [5, 5.41) is 10.1. The molecule has 8 nitrogen and oxygen atoms in total. The Morgan fingerprint density at radius 1 is 1.03 bits per heavy atom. The number of ketones is 1. The SMILES string of the molecule is CCSC1NC(=O)C2C(NC3=C(C(=O)CC(C)(C)C3)C2c2cc(OC)c(OC)c(OC)c2)N1. The van der Waals surface area contributed by atoms with Crippen LogP contribution in [0.3, 0.4) is 0 Å². The zero-order valence-electron chi connectivity index (χ0n) is 20.0. The van der Waals surface area contributed by atoms with Crippen LogP contribution < -0.4 is 30.2 Å². The van der Waals surface area contributed by atoms with Gasteiger partial charge in [-0.15, -0.1) is 11.8 Å². The monoisotopic (exact) mass is 475 g/mol. The molecular weight excluding hydrogens is 442 g/mol. The molecule has 0 bridgehead atoms. The van der Waals surface area contributed by atoms with Crippen LogP contribution in [0.5, 0.6) is 17.2 Å². The number of fused-ring (bicyclic) bond motifs is 1. The summed E-state index contributed by atoms with van der Waals surface area (Å²) in [5.74, 6) is 1.38. The van der Waals surface area contributed by atoms with Crippen molar-refractivity contribution >= 4 is 23.5 Å². The molecule has 0 saturated carbocycles. The van der Waals surface area contributed by atoms with Crippen LogP contribution in [-0.2, 0) is 9.59 Å². The van der Waals surface area contributed by atoms with Gasteiger partial charge < -0.3 is 24.8 Å². The van der Waals surface area contributed by atoms with Gasteiger partial charge >= 0.3 is 0 Å². The second kappa shape index (κ2) is 9.10. The van der Waals surface area contributed by atoms with Crippen molar-refractivity contribution in [3.63, 3.8) is 0 Å². The molecule has 3 aliphatic rings. The molecule has 3 N–H and O–H groups in total. The van der Waals surface area contributed by atoms with Crippen LogP contribution in [-0.4, -0.2) is 50.4 Å². The van der Waals surface area contributed by atoms with Crippen LogP contribution in [0.4, 0.5) is 0 Å². The van der Waals surface area contributed by atoms with Crippen molar-refractivity contribution in [2.45, 2.75) is 51.2 Å². The second-order valence-electron chi connectivity index (χ2n) is 9.43. The minimum Gasteiger partial charge on any atom is -0.493 e. The summed E-state index contributed by atoms with van der Waals surface area (Å²) in [7, 11) is 4.68. The van der Waals surface area contributed by atoms with Crippen LogP contribution in [0.15, 0.2) is 23.4 Å². The molecule has 1 aromatic rings.